The molecule has 204 valence electrons. The van der Waals surface area contributed by atoms with Crippen LogP contribution in [0.15, 0.2) is 47.6 Å². The molecule has 0 aromatic rings. The molecule has 3 aliphatic rings. The highest BCUT2D eigenvalue weighted by atomic mass is 28.4. The Morgan fingerprint density at radius 3 is 2.33 bits per heavy atom. The van der Waals surface area contributed by atoms with Gasteiger partial charge in [-0.15, -0.1) is 0 Å². The van der Waals surface area contributed by atoms with E-state index in [-0.39, 0.29) is 5.04 Å². The zero-order chi connectivity index (χ0) is 26.9. The average molecular weight is 511 g/mol. The fraction of sp³-hybridized carbons (Fsp3) is 0.765. The third-order valence-corrected chi connectivity index (χ3v) is 15.4. The van der Waals surface area contributed by atoms with Crippen LogP contribution in [0.25, 0.3) is 0 Å². The number of allylic oxidation sites excluding steroid dienone is 6. The predicted octanol–water partition coefficient (Wildman–Crippen LogP) is 10.7. The van der Waals surface area contributed by atoms with Gasteiger partial charge in [0.05, 0.1) is 0 Å². The van der Waals surface area contributed by atoms with E-state index in [9.17, 15) is 0 Å². The number of hydrogen-bond acceptors (Lipinski definition) is 1. The van der Waals surface area contributed by atoms with Gasteiger partial charge in [0.1, 0.15) is 0 Å². The average Bonchev–Trinajstić information content (AvgIpc) is 3.14. The maximum Gasteiger partial charge on any atom is 0.192 e. The van der Waals surface area contributed by atoms with Crippen LogP contribution in [0.2, 0.25) is 18.1 Å². The molecule has 0 amide bonds. The molecule has 36 heavy (non-hydrogen) atoms. The third-order valence-electron chi connectivity index (χ3n) is 10.9. The minimum Gasteiger partial charge on any atom is -0.414 e. The SMILES string of the molecule is C=C1CCC(O[Si](C)(C)C(C)(C)C)C/C1=C\C=C1/CCC[C@@]2(C)C1CC[C@@H]2[C@H](C)/C=C/[C@H](C)C(C)C. The van der Waals surface area contributed by atoms with Crippen LogP contribution in [-0.4, -0.2) is 14.4 Å². The Morgan fingerprint density at radius 2 is 1.69 bits per heavy atom. The van der Waals surface area contributed by atoms with Gasteiger partial charge in [0.2, 0.25) is 0 Å². The topological polar surface area (TPSA) is 9.23 Å². The van der Waals surface area contributed by atoms with Crippen molar-refractivity contribution in [3.05, 3.63) is 47.6 Å². The Morgan fingerprint density at radius 1 is 1.00 bits per heavy atom. The summed E-state index contributed by atoms with van der Waals surface area (Å²) >= 11 is 0. The highest BCUT2D eigenvalue weighted by Gasteiger charge is 2.50. The normalized spacial score (nSPS) is 34.1. The summed E-state index contributed by atoms with van der Waals surface area (Å²) in [5.74, 6) is 3.62. The van der Waals surface area contributed by atoms with Gasteiger partial charge in [-0.1, -0.05) is 97.4 Å². The molecule has 0 aliphatic heterocycles. The van der Waals surface area contributed by atoms with Crippen LogP contribution in [0.1, 0.15) is 107 Å². The smallest absolute Gasteiger partial charge is 0.192 e. The second kappa shape index (κ2) is 11.5. The van der Waals surface area contributed by atoms with E-state index in [1.165, 1.54) is 43.3 Å². The van der Waals surface area contributed by atoms with E-state index in [0.29, 0.717) is 23.4 Å². The van der Waals surface area contributed by atoms with Gasteiger partial charge in [0.25, 0.3) is 0 Å². The molecule has 3 rings (SSSR count). The molecule has 3 saturated carbocycles. The zero-order valence-electron chi connectivity index (χ0n) is 25.5. The highest BCUT2D eigenvalue weighted by Crippen LogP contribution is 2.59. The Hall–Kier alpha value is -0.863. The van der Waals surface area contributed by atoms with Gasteiger partial charge in [-0.05, 0) is 110 Å². The summed E-state index contributed by atoms with van der Waals surface area (Å²) in [6, 6.07) is 0. The summed E-state index contributed by atoms with van der Waals surface area (Å²) in [5.41, 5.74) is 4.94. The first-order valence-corrected chi connectivity index (χ1v) is 18.0. The lowest BCUT2D eigenvalue weighted by Crippen LogP contribution is -2.44. The van der Waals surface area contributed by atoms with Crippen LogP contribution in [0.4, 0.5) is 0 Å². The molecule has 3 aliphatic carbocycles. The number of rotatable bonds is 7. The fourth-order valence-corrected chi connectivity index (χ4v) is 8.31. The quantitative estimate of drug-likeness (QED) is 0.244. The lowest BCUT2D eigenvalue weighted by molar-refractivity contribution is 0.112. The maximum atomic E-state index is 6.82. The second-order valence-electron chi connectivity index (χ2n) is 14.7. The maximum absolute atomic E-state index is 6.82. The van der Waals surface area contributed by atoms with Crippen molar-refractivity contribution >= 4 is 8.32 Å². The minimum absolute atomic E-state index is 0.262. The summed E-state index contributed by atoms with van der Waals surface area (Å²) in [5, 5.41) is 0.262. The van der Waals surface area contributed by atoms with Gasteiger partial charge in [-0.2, -0.15) is 0 Å². The van der Waals surface area contributed by atoms with Crippen molar-refractivity contribution in [3.8, 4) is 0 Å². The van der Waals surface area contributed by atoms with Gasteiger partial charge >= 0.3 is 0 Å². The Balaban J connectivity index is 1.73. The molecule has 0 saturated heterocycles. The molecule has 6 atom stereocenters. The molecule has 0 aromatic carbocycles. The minimum atomic E-state index is -1.74. The lowest BCUT2D eigenvalue weighted by atomic mass is 9.61. The van der Waals surface area contributed by atoms with Crippen LogP contribution in [0.5, 0.6) is 0 Å². The van der Waals surface area contributed by atoms with Crippen molar-refractivity contribution in [2.45, 2.75) is 131 Å². The van der Waals surface area contributed by atoms with Crippen LogP contribution in [-0.2, 0) is 4.43 Å². The Bertz CT molecular complexity index is 866. The summed E-state index contributed by atoms with van der Waals surface area (Å²) in [6.45, 7) is 28.4. The first kappa shape index (κ1) is 29.7. The van der Waals surface area contributed by atoms with Gasteiger partial charge < -0.3 is 4.43 Å². The van der Waals surface area contributed by atoms with Gasteiger partial charge in [0, 0.05) is 6.10 Å². The van der Waals surface area contributed by atoms with Gasteiger partial charge in [0.15, 0.2) is 8.32 Å². The Kier molecular flexibility index (Phi) is 9.47. The summed E-state index contributed by atoms with van der Waals surface area (Å²) < 4.78 is 6.82. The van der Waals surface area contributed by atoms with Crippen molar-refractivity contribution in [2.75, 3.05) is 0 Å². The molecule has 0 aromatic heterocycles. The molecule has 0 N–H and O–H groups in total. The molecular weight excluding hydrogens is 452 g/mol. The number of fused-ring (bicyclic) bond motifs is 1. The first-order valence-electron chi connectivity index (χ1n) is 15.1. The summed E-state index contributed by atoms with van der Waals surface area (Å²) in [6.07, 6.45) is 20.4. The predicted molar refractivity (Wildman–Crippen MR) is 162 cm³/mol. The van der Waals surface area contributed by atoms with Gasteiger partial charge in [-0.25, -0.2) is 0 Å². The molecule has 0 radical (unpaired) electrons. The second-order valence-corrected chi connectivity index (χ2v) is 19.5. The molecule has 1 nitrogen and oxygen atoms in total. The van der Waals surface area contributed by atoms with Crippen molar-refractivity contribution in [1.29, 1.82) is 0 Å². The van der Waals surface area contributed by atoms with E-state index in [2.05, 4.69) is 99.4 Å². The fourth-order valence-electron chi connectivity index (χ4n) is 6.93. The van der Waals surface area contributed by atoms with Crippen molar-refractivity contribution < 1.29 is 4.43 Å². The van der Waals surface area contributed by atoms with Crippen LogP contribution < -0.4 is 0 Å². The van der Waals surface area contributed by atoms with Crippen LogP contribution in [0.3, 0.4) is 0 Å². The summed E-state index contributed by atoms with van der Waals surface area (Å²) in [7, 11) is -1.74. The van der Waals surface area contributed by atoms with Crippen LogP contribution in [0, 0.1) is 35.0 Å². The van der Waals surface area contributed by atoms with Gasteiger partial charge in [-0.3, -0.25) is 0 Å². The van der Waals surface area contributed by atoms with E-state index >= 15 is 0 Å². The lowest BCUT2D eigenvalue weighted by Gasteiger charge is -2.44. The molecule has 0 spiro atoms. The molecular formula is C34H58OSi. The zero-order valence-corrected chi connectivity index (χ0v) is 26.5. The van der Waals surface area contributed by atoms with Crippen molar-refractivity contribution in [1.82, 2.24) is 0 Å². The van der Waals surface area contributed by atoms with Crippen LogP contribution >= 0.6 is 0 Å². The molecule has 2 unspecified atom stereocenters. The highest BCUT2D eigenvalue weighted by molar-refractivity contribution is 6.74. The van der Waals surface area contributed by atoms with Crippen molar-refractivity contribution in [2.24, 2.45) is 35.0 Å². The molecule has 3 fully saturated rings. The standard InChI is InChI=1S/C34H58OSi/c1-24(2)25(3)14-15-27(5)31-20-21-32-28(13-12-22-34(31,32)9)17-18-29-23-30(19-16-26(29)4)35-36(10,11)33(6,7)8/h14-15,17-18,24-25,27,30-32H,4,12-13,16,19-23H2,1-3,5-11H3/b15-14+,28-17+,29-18+/t25-,27+,30?,31+,32?,34+/m0/s1. The molecule has 2 heteroatoms. The molecule has 0 bridgehead atoms. The van der Waals surface area contributed by atoms with E-state index in [0.717, 1.165) is 37.0 Å². The molecule has 0 heterocycles. The van der Waals surface area contributed by atoms with E-state index in [4.69, 9.17) is 4.43 Å². The number of hydrogen-bond donors (Lipinski definition) is 0. The Labute approximate surface area is 226 Å². The summed E-state index contributed by atoms with van der Waals surface area (Å²) in [4.78, 5) is 0. The first-order chi connectivity index (χ1) is 16.7. The van der Waals surface area contributed by atoms with Crippen molar-refractivity contribution in [3.63, 3.8) is 0 Å². The largest absolute Gasteiger partial charge is 0.414 e. The van der Waals surface area contributed by atoms with E-state index in [1.807, 2.05) is 0 Å². The van der Waals surface area contributed by atoms with E-state index < -0.39 is 8.32 Å². The monoisotopic (exact) mass is 510 g/mol. The van der Waals surface area contributed by atoms with E-state index in [1.54, 1.807) is 5.57 Å². The third kappa shape index (κ3) is 6.58.